The Hall–Kier alpha value is -3.47. The molecule has 0 N–H and O–H groups in total. The molecule has 234 valence electrons. The maximum absolute atomic E-state index is 14.5. The summed E-state index contributed by atoms with van der Waals surface area (Å²) in [5, 5.41) is 1.15. The second-order valence-corrected chi connectivity index (χ2v) is 11.0. The minimum atomic E-state index is -0.745. The van der Waals surface area contributed by atoms with E-state index < -0.39 is 17.5 Å². The third kappa shape index (κ3) is 7.93. The third-order valence-corrected chi connectivity index (χ3v) is 6.88. The molecule has 0 bridgehead atoms. The van der Waals surface area contributed by atoms with Gasteiger partial charge in [-0.2, -0.15) is 0 Å². The van der Waals surface area contributed by atoms with E-state index >= 15 is 0 Å². The highest BCUT2D eigenvalue weighted by Gasteiger charge is 2.24. The number of hydrogen-bond acceptors (Lipinski definition) is 8. The first-order valence-electron chi connectivity index (χ1n) is 14.1. The van der Waals surface area contributed by atoms with Crippen molar-refractivity contribution in [3.63, 3.8) is 0 Å². The van der Waals surface area contributed by atoms with Gasteiger partial charge in [-0.3, -0.25) is 9.47 Å². The molecular weight excluding hydrogens is 575 g/mol. The Kier molecular flexibility index (Phi) is 11.7. The van der Waals surface area contributed by atoms with E-state index in [1.165, 1.54) is 23.0 Å². The van der Waals surface area contributed by atoms with Crippen molar-refractivity contribution < 1.29 is 28.1 Å². The van der Waals surface area contributed by atoms with Crippen molar-refractivity contribution in [2.45, 2.75) is 54.1 Å². The summed E-state index contributed by atoms with van der Waals surface area (Å²) < 4.78 is 38.5. The standard InChI is InChI=1S/C29H32ClFN4O5.C2H6.CH4/c1-29(2,3)40-28(36)35-16-20(18-12-21(30)22(31)14-24(18)35)27-19-13-26(25(37-4)15-23(19)32-17-33-27)39-9-5-6-34-7-10-38-11-8-34;1-2;/h12-17H,5-11H2,1-4H3;1-2H3;1H4. The van der Waals surface area contributed by atoms with Gasteiger partial charge in [-0.05, 0) is 39.3 Å². The molecule has 0 amide bonds. The highest BCUT2D eigenvalue weighted by molar-refractivity contribution is 6.31. The molecule has 0 aliphatic carbocycles. The van der Waals surface area contributed by atoms with Crippen LogP contribution in [-0.4, -0.2) is 77.7 Å². The monoisotopic (exact) mass is 616 g/mol. The lowest BCUT2D eigenvalue weighted by Gasteiger charge is -2.26. The smallest absolute Gasteiger partial charge is 0.419 e. The van der Waals surface area contributed by atoms with Gasteiger partial charge in [0.05, 0.1) is 48.7 Å². The van der Waals surface area contributed by atoms with Gasteiger partial charge in [0.15, 0.2) is 11.5 Å². The van der Waals surface area contributed by atoms with Gasteiger partial charge in [-0.25, -0.2) is 19.2 Å². The molecule has 0 saturated carbocycles. The number of rotatable bonds is 7. The average Bonchev–Trinajstić information content (AvgIpc) is 3.33. The van der Waals surface area contributed by atoms with E-state index in [1.54, 1.807) is 40.1 Å². The Labute approximate surface area is 257 Å². The van der Waals surface area contributed by atoms with Crippen molar-refractivity contribution in [1.29, 1.82) is 0 Å². The highest BCUT2D eigenvalue weighted by Crippen LogP contribution is 2.39. The molecule has 11 heteroatoms. The number of halogens is 2. The normalized spacial score (nSPS) is 13.7. The van der Waals surface area contributed by atoms with Crippen LogP contribution in [0.2, 0.25) is 5.02 Å². The van der Waals surface area contributed by atoms with Crippen LogP contribution in [0.3, 0.4) is 0 Å². The summed E-state index contributed by atoms with van der Waals surface area (Å²) in [5.74, 6) is 0.450. The third-order valence-electron chi connectivity index (χ3n) is 6.59. The molecule has 9 nitrogen and oxygen atoms in total. The minimum Gasteiger partial charge on any atom is -0.493 e. The fourth-order valence-electron chi connectivity index (χ4n) is 4.72. The van der Waals surface area contributed by atoms with Gasteiger partial charge >= 0.3 is 6.09 Å². The Morgan fingerprint density at radius 1 is 1.07 bits per heavy atom. The van der Waals surface area contributed by atoms with Crippen LogP contribution >= 0.6 is 11.6 Å². The summed E-state index contributed by atoms with van der Waals surface area (Å²) in [5.41, 5.74) is 1.28. The number of hydrogen-bond donors (Lipinski definition) is 0. The zero-order chi connectivity index (χ0) is 30.4. The second kappa shape index (κ2) is 14.8. The summed E-state index contributed by atoms with van der Waals surface area (Å²) in [6.07, 6.45) is 3.22. The van der Waals surface area contributed by atoms with E-state index in [0.717, 1.165) is 39.3 Å². The Morgan fingerprint density at radius 2 is 1.79 bits per heavy atom. The summed E-state index contributed by atoms with van der Waals surface area (Å²) in [7, 11) is 1.58. The predicted molar refractivity (Wildman–Crippen MR) is 169 cm³/mol. The van der Waals surface area contributed by atoms with Gasteiger partial charge < -0.3 is 18.9 Å². The number of nitrogens with zero attached hydrogens (tertiary/aromatic N) is 4. The average molecular weight is 617 g/mol. The van der Waals surface area contributed by atoms with Crippen molar-refractivity contribution in [2.75, 3.05) is 46.6 Å². The molecule has 1 aliphatic rings. The van der Waals surface area contributed by atoms with Crippen LogP contribution in [0.5, 0.6) is 11.5 Å². The minimum absolute atomic E-state index is 0. The number of morpholine rings is 1. The maximum Gasteiger partial charge on any atom is 0.419 e. The maximum atomic E-state index is 14.5. The molecule has 3 heterocycles. The van der Waals surface area contributed by atoms with Crippen LogP contribution in [-0.2, 0) is 9.47 Å². The highest BCUT2D eigenvalue weighted by atomic mass is 35.5. The predicted octanol–water partition coefficient (Wildman–Crippen LogP) is 7.60. The Balaban J connectivity index is 0.00000165. The van der Waals surface area contributed by atoms with Gasteiger partial charge in [0, 0.05) is 54.3 Å². The molecule has 1 fully saturated rings. The van der Waals surface area contributed by atoms with Crippen LogP contribution in [0.15, 0.2) is 36.8 Å². The molecule has 0 atom stereocenters. The molecule has 2 aromatic heterocycles. The van der Waals surface area contributed by atoms with Gasteiger partial charge in [0.1, 0.15) is 17.7 Å². The molecule has 4 aromatic rings. The summed E-state index contributed by atoms with van der Waals surface area (Å²) >= 11 is 6.17. The number of benzene rings is 2. The number of ether oxygens (including phenoxy) is 4. The fraction of sp³-hybridized carbons (Fsp3) is 0.469. The van der Waals surface area contributed by atoms with Crippen molar-refractivity contribution in [2.24, 2.45) is 0 Å². The Morgan fingerprint density at radius 3 is 2.47 bits per heavy atom. The largest absolute Gasteiger partial charge is 0.493 e. The van der Waals surface area contributed by atoms with Crippen molar-refractivity contribution in [1.82, 2.24) is 19.4 Å². The van der Waals surface area contributed by atoms with E-state index in [0.29, 0.717) is 51.2 Å². The van der Waals surface area contributed by atoms with Gasteiger partial charge in [-0.1, -0.05) is 32.9 Å². The number of carbonyl (C=O) groups excluding carboxylic acids is 1. The first-order chi connectivity index (χ1) is 20.1. The second-order valence-electron chi connectivity index (χ2n) is 10.6. The summed E-state index contributed by atoms with van der Waals surface area (Å²) in [4.78, 5) is 24.4. The molecule has 1 saturated heterocycles. The van der Waals surface area contributed by atoms with Gasteiger partial charge in [0.25, 0.3) is 0 Å². The van der Waals surface area contributed by atoms with Crippen LogP contribution < -0.4 is 9.47 Å². The van der Waals surface area contributed by atoms with E-state index in [2.05, 4.69) is 14.9 Å². The van der Waals surface area contributed by atoms with E-state index in [4.69, 9.17) is 30.5 Å². The van der Waals surface area contributed by atoms with E-state index in [1.807, 2.05) is 19.9 Å². The van der Waals surface area contributed by atoms with Crippen LogP contribution in [0, 0.1) is 5.82 Å². The molecule has 0 radical (unpaired) electrons. The summed E-state index contributed by atoms with van der Waals surface area (Å²) in [6.45, 7) is 14.1. The fourth-order valence-corrected chi connectivity index (χ4v) is 4.88. The van der Waals surface area contributed by atoms with E-state index in [9.17, 15) is 9.18 Å². The van der Waals surface area contributed by atoms with Crippen molar-refractivity contribution in [3.05, 3.63) is 47.6 Å². The number of aromatic nitrogens is 3. The molecule has 0 spiro atoms. The number of fused-ring (bicyclic) bond motifs is 2. The first-order valence-corrected chi connectivity index (χ1v) is 14.5. The quantitative estimate of drug-likeness (QED) is 0.196. The molecule has 2 aromatic carbocycles. The van der Waals surface area contributed by atoms with Crippen LogP contribution in [0.25, 0.3) is 33.1 Å². The topological polar surface area (TPSA) is 87.9 Å². The lowest BCUT2D eigenvalue weighted by atomic mass is 10.0. The van der Waals surface area contributed by atoms with Gasteiger partial charge in [0.2, 0.25) is 0 Å². The zero-order valence-corrected chi connectivity index (χ0v) is 25.8. The molecule has 0 unspecified atom stereocenters. The SMILES string of the molecule is C.CC.COc1cc2ncnc(-c3cn(C(=O)OC(C)(C)C)c4cc(F)c(Cl)cc34)c2cc1OCCCN1CCOCC1. The van der Waals surface area contributed by atoms with E-state index in [-0.39, 0.29) is 12.4 Å². The first kappa shape index (κ1) is 34.0. The zero-order valence-electron chi connectivity index (χ0n) is 25.0. The Bertz CT molecular complexity index is 1550. The lowest BCUT2D eigenvalue weighted by molar-refractivity contribution is 0.0357. The number of carbonyl (C=O) groups is 1. The molecular formula is C32H42ClFN4O5. The van der Waals surface area contributed by atoms with Crippen LogP contribution in [0.1, 0.15) is 48.5 Å². The summed E-state index contributed by atoms with van der Waals surface area (Å²) in [6, 6.07) is 6.33. The lowest BCUT2D eigenvalue weighted by Crippen LogP contribution is -2.37. The molecule has 5 rings (SSSR count). The molecule has 43 heavy (non-hydrogen) atoms. The van der Waals surface area contributed by atoms with Crippen molar-refractivity contribution in [3.8, 4) is 22.8 Å². The van der Waals surface area contributed by atoms with Crippen LogP contribution in [0.4, 0.5) is 9.18 Å². The van der Waals surface area contributed by atoms with Crippen molar-refractivity contribution >= 4 is 39.5 Å². The molecule has 1 aliphatic heterocycles. The van der Waals surface area contributed by atoms with Gasteiger partial charge in [-0.15, -0.1) is 0 Å². The number of methoxy groups -OCH3 is 1.